The molecule has 4 aromatic rings. The van der Waals surface area contributed by atoms with Crippen LogP contribution in [0.5, 0.6) is 0 Å². The van der Waals surface area contributed by atoms with Crippen LogP contribution in [0.25, 0.3) is 10.2 Å². The van der Waals surface area contributed by atoms with Gasteiger partial charge in [0.05, 0.1) is 27.1 Å². The number of carbonyl (C=O) groups is 1. The second-order valence-electron chi connectivity index (χ2n) is 9.01. The smallest absolute Gasteiger partial charge is 0.243 e. The van der Waals surface area contributed by atoms with Crippen LogP contribution < -0.4 is 4.90 Å². The number of hydrogen-bond acceptors (Lipinski definition) is 5. The molecule has 1 unspecified atom stereocenters. The van der Waals surface area contributed by atoms with Crippen LogP contribution in [0.15, 0.2) is 77.7 Å². The molecule has 0 saturated carbocycles. The fraction of sp³-hybridized carbons (Fsp3) is 0.259. The molecule has 36 heavy (non-hydrogen) atoms. The Morgan fingerprint density at radius 2 is 1.83 bits per heavy atom. The lowest BCUT2D eigenvalue weighted by Crippen LogP contribution is -2.46. The molecule has 0 N–H and O–H groups in total. The van der Waals surface area contributed by atoms with Crippen LogP contribution in [-0.4, -0.2) is 36.7 Å². The number of anilines is 1. The van der Waals surface area contributed by atoms with Crippen LogP contribution in [0.3, 0.4) is 0 Å². The largest absolute Gasteiger partial charge is 0.283 e. The zero-order valence-electron chi connectivity index (χ0n) is 19.8. The molecule has 0 radical (unpaired) electrons. The Balaban J connectivity index is 1.45. The highest BCUT2D eigenvalue weighted by atomic mass is 35.5. The second-order valence-corrected chi connectivity index (χ2v) is 12.4. The predicted molar refractivity (Wildman–Crippen MR) is 145 cm³/mol. The van der Waals surface area contributed by atoms with E-state index in [1.807, 2.05) is 49.4 Å². The summed E-state index contributed by atoms with van der Waals surface area (Å²) in [6.45, 7) is 2.81. The molecule has 1 fully saturated rings. The van der Waals surface area contributed by atoms with Crippen molar-refractivity contribution in [2.24, 2.45) is 5.92 Å². The Morgan fingerprint density at radius 1 is 1.08 bits per heavy atom. The summed E-state index contributed by atoms with van der Waals surface area (Å²) in [7, 11) is -3.69. The minimum absolute atomic E-state index is 0.127. The average molecular weight is 540 g/mol. The van der Waals surface area contributed by atoms with Crippen LogP contribution >= 0.6 is 22.9 Å². The monoisotopic (exact) mass is 539 g/mol. The molecule has 1 aromatic heterocycles. The topological polar surface area (TPSA) is 70.6 Å². The van der Waals surface area contributed by atoms with E-state index in [0.29, 0.717) is 41.6 Å². The Labute approximate surface area is 220 Å². The lowest BCUT2D eigenvalue weighted by Gasteiger charge is -2.33. The maximum atomic E-state index is 14.0. The third kappa shape index (κ3) is 5.04. The van der Waals surface area contributed by atoms with E-state index in [9.17, 15) is 13.2 Å². The van der Waals surface area contributed by atoms with Gasteiger partial charge in [0.2, 0.25) is 15.9 Å². The van der Waals surface area contributed by atoms with Gasteiger partial charge in [-0.15, -0.1) is 0 Å². The summed E-state index contributed by atoms with van der Waals surface area (Å²) >= 11 is 7.78. The Bertz CT molecular complexity index is 1490. The van der Waals surface area contributed by atoms with Crippen molar-refractivity contribution in [3.05, 3.63) is 88.9 Å². The zero-order chi connectivity index (χ0) is 25.3. The van der Waals surface area contributed by atoms with E-state index in [2.05, 4.69) is 0 Å². The average Bonchev–Trinajstić information content (AvgIpc) is 3.33. The summed E-state index contributed by atoms with van der Waals surface area (Å²) in [6.07, 6.45) is 1.24. The summed E-state index contributed by atoms with van der Waals surface area (Å²) in [6, 6.07) is 22.2. The number of carbonyl (C=O) groups excluding carboxylic acids is 1. The van der Waals surface area contributed by atoms with Crippen molar-refractivity contribution in [3.63, 3.8) is 0 Å². The van der Waals surface area contributed by atoms with Crippen LogP contribution in [0, 0.1) is 12.8 Å². The molecule has 2 heterocycles. The fourth-order valence-electron chi connectivity index (χ4n) is 4.47. The first-order chi connectivity index (χ1) is 17.3. The van der Waals surface area contributed by atoms with Crippen molar-refractivity contribution in [3.8, 4) is 0 Å². The first kappa shape index (κ1) is 24.9. The van der Waals surface area contributed by atoms with Crippen molar-refractivity contribution in [1.82, 2.24) is 9.29 Å². The predicted octanol–water partition coefficient (Wildman–Crippen LogP) is 5.89. The molecule has 186 valence electrons. The molecule has 1 aliphatic rings. The molecular formula is C27H26ClN3O3S2. The van der Waals surface area contributed by atoms with Crippen molar-refractivity contribution in [2.75, 3.05) is 18.0 Å². The maximum absolute atomic E-state index is 14.0. The molecule has 1 saturated heterocycles. The summed E-state index contributed by atoms with van der Waals surface area (Å²) in [5, 5.41) is 1.10. The van der Waals surface area contributed by atoms with Crippen molar-refractivity contribution >= 4 is 54.2 Å². The van der Waals surface area contributed by atoms with Crippen LogP contribution in [0.1, 0.15) is 24.0 Å². The van der Waals surface area contributed by atoms with Gasteiger partial charge in [-0.25, -0.2) is 13.4 Å². The van der Waals surface area contributed by atoms with Crippen molar-refractivity contribution < 1.29 is 13.2 Å². The molecular weight excluding hydrogens is 514 g/mol. The number of amides is 1. The molecule has 1 aliphatic heterocycles. The summed E-state index contributed by atoms with van der Waals surface area (Å²) < 4.78 is 29.0. The second kappa shape index (κ2) is 10.3. The normalized spacial score (nSPS) is 16.8. The van der Waals surface area contributed by atoms with Crippen molar-refractivity contribution in [1.29, 1.82) is 0 Å². The number of para-hydroxylation sites is 1. The quantitative estimate of drug-likeness (QED) is 0.306. The Hall–Kier alpha value is -2.78. The van der Waals surface area contributed by atoms with Gasteiger partial charge in [-0.1, -0.05) is 77.0 Å². The third-order valence-corrected chi connectivity index (χ3v) is 9.66. The lowest BCUT2D eigenvalue weighted by atomic mass is 9.98. The van der Waals surface area contributed by atoms with Crippen molar-refractivity contribution in [2.45, 2.75) is 31.2 Å². The molecule has 1 amide bonds. The molecule has 5 rings (SSSR count). The maximum Gasteiger partial charge on any atom is 0.243 e. The minimum atomic E-state index is -3.69. The number of thiazole rings is 1. The number of nitrogens with zero attached hydrogens (tertiary/aromatic N) is 3. The standard InChI is InChI=1S/C27H26ClN3O3S2/c1-19-12-14-22(15-13-19)36(33,34)30-16-6-9-21(18-30)26(32)31(17-20-7-3-2-4-8-20)27-29-25-23(28)10-5-11-24(25)35-27/h2-5,7-8,10-15,21H,6,9,16-18H2,1H3. The highest BCUT2D eigenvalue weighted by Gasteiger charge is 2.36. The number of piperidine rings is 1. The van der Waals surface area contributed by atoms with Crippen LogP contribution in [0.4, 0.5) is 5.13 Å². The molecule has 3 aromatic carbocycles. The highest BCUT2D eigenvalue weighted by Crippen LogP contribution is 2.35. The number of aromatic nitrogens is 1. The summed E-state index contributed by atoms with van der Waals surface area (Å²) in [5.41, 5.74) is 2.63. The SMILES string of the molecule is Cc1ccc(S(=O)(=O)N2CCCC(C(=O)N(Cc3ccccc3)c3nc4c(Cl)cccc4s3)C2)cc1. The molecule has 0 bridgehead atoms. The molecule has 1 atom stereocenters. The van der Waals surface area contributed by atoms with Gasteiger partial charge in [-0.05, 0) is 49.6 Å². The molecule has 6 nitrogen and oxygen atoms in total. The summed E-state index contributed by atoms with van der Waals surface area (Å²) in [5.74, 6) is -0.594. The number of halogens is 1. The number of aryl methyl sites for hydroxylation is 1. The molecule has 9 heteroatoms. The van der Waals surface area contributed by atoms with E-state index in [4.69, 9.17) is 16.6 Å². The van der Waals surface area contributed by atoms with E-state index in [1.54, 1.807) is 35.2 Å². The number of sulfonamides is 1. The van der Waals surface area contributed by atoms with Gasteiger partial charge >= 0.3 is 0 Å². The van der Waals surface area contributed by atoms with Gasteiger partial charge in [0.25, 0.3) is 0 Å². The highest BCUT2D eigenvalue weighted by molar-refractivity contribution is 7.89. The first-order valence-electron chi connectivity index (χ1n) is 11.8. The van der Waals surface area contributed by atoms with Gasteiger partial charge in [0, 0.05) is 13.1 Å². The number of benzene rings is 3. The van der Waals surface area contributed by atoms with Gasteiger partial charge < -0.3 is 0 Å². The summed E-state index contributed by atoms with van der Waals surface area (Å²) in [4.78, 5) is 20.6. The minimum Gasteiger partial charge on any atom is -0.283 e. The van der Waals surface area contributed by atoms with Gasteiger partial charge in [-0.3, -0.25) is 9.69 Å². The van der Waals surface area contributed by atoms with E-state index < -0.39 is 15.9 Å². The van der Waals surface area contributed by atoms with E-state index in [1.165, 1.54) is 15.6 Å². The van der Waals surface area contributed by atoms with Crippen LogP contribution in [0.2, 0.25) is 5.02 Å². The Kier molecular flexibility index (Phi) is 7.12. The molecule has 0 spiro atoms. The van der Waals surface area contributed by atoms with E-state index in [-0.39, 0.29) is 17.3 Å². The van der Waals surface area contributed by atoms with Gasteiger partial charge in [-0.2, -0.15) is 4.31 Å². The van der Waals surface area contributed by atoms with Gasteiger partial charge in [0.15, 0.2) is 5.13 Å². The van der Waals surface area contributed by atoms with Crippen LogP contribution in [-0.2, 0) is 21.4 Å². The fourth-order valence-corrected chi connectivity index (χ4v) is 7.26. The lowest BCUT2D eigenvalue weighted by molar-refractivity contribution is -0.123. The Morgan fingerprint density at radius 3 is 2.56 bits per heavy atom. The number of rotatable bonds is 6. The van der Waals surface area contributed by atoms with Gasteiger partial charge in [0.1, 0.15) is 5.52 Å². The number of hydrogen-bond donors (Lipinski definition) is 0. The molecule has 0 aliphatic carbocycles. The van der Waals surface area contributed by atoms with E-state index >= 15 is 0 Å². The number of fused-ring (bicyclic) bond motifs is 1. The zero-order valence-corrected chi connectivity index (χ0v) is 22.2. The third-order valence-electron chi connectivity index (χ3n) is 6.43. The van der Waals surface area contributed by atoms with E-state index in [0.717, 1.165) is 15.8 Å². The first-order valence-corrected chi connectivity index (χ1v) is 14.4.